The number of rotatable bonds is 4. The third kappa shape index (κ3) is 2.83. The number of hydrogen-bond donors (Lipinski definition) is 2. The van der Waals surface area contributed by atoms with E-state index in [0.717, 1.165) is 22.3 Å². The van der Waals surface area contributed by atoms with Crippen LogP contribution in [0, 0.1) is 6.92 Å². The predicted molar refractivity (Wildman–Crippen MR) is 91.4 cm³/mol. The summed E-state index contributed by atoms with van der Waals surface area (Å²) in [6.07, 6.45) is 1.80. The number of aromatic nitrogens is 2. The molecule has 0 fully saturated rings. The topological polar surface area (TPSA) is 72.9 Å². The maximum atomic E-state index is 11.5. The lowest BCUT2D eigenvalue weighted by Gasteiger charge is -2.14. The molecule has 0 aliphatic carbocycles. The highest BCUT2D eigenvalue weighted by atomic mass is 16.1. The van der Waals surface area contributed by atoms with Crippen molar-refractivity contribution < 1.29 is 4.79 Å². The summed E-state index contributed by atoms with van der Waals surface area (Å²) in [7, 11) is 0. The fraction of sp³-hybridized carbons (Fsp3) is 0.222. The Hall–Kier alpha value is -2.66. The molecule has 118 valence electrons. The summed E-state index contributed by atoms with van der Waals surface area (Å²) in [5.41, 5.74) is 8.39. The van der Waals surface area contributed by atoms with Gasteiger partial charge in [-0.25, -0.2) is 4.68 Å². The number of fused-ring (bicyclic) bond motifs is 1. The smallest absolute Gasteiger partial charge is 0.234 e. The molecule has 2 aromatic carbocycles. The van der Waals surface area contributed by atoms with E-state index >= 15 is 0 Å². The number of carbonyl (C=O) groups excluding carboxylic acids is 1. The standard InChI is InChI=1S/C18H20N4O/c1-12(21-18(23)10-19)16-11-20-22(13(16)2)17-9-5-7-14-6-3-4-8-15(14)17/h3-9,11-12H,10,19H2,1-2H3,(H,21,23). The van der Waals surface area contributed by atoms with E-state index < -0.39 is 0 Å². The van der Waals surface area contributed by atoms with Gasteiger partial charge in [0.1, 0.15) is 0 Å². The second-order valence-corrected chi connectivity index (χ2v) is 5.59. The van der Waals surface area contributed by atoms with Crippen molar-refractivity contribution in [1.29, 1.82) is 0 Å². The van der Waals surface area contributed by atoms with Crippen LogP contribution >= 0.6 is 0 Å². The largest absolute Gasteiger partial charge is 0.348 e. The number of carbonyl (C=O) groups is 1. The van der Waals surface area contributed by atoms with Gasteiger partial charge in [0.05, 0.1) is 24.5 Å². The first-order chi connectivity index (χ1) is 11.1. The molecule has 3 N–H and O–H groups in total. The summed E-state index contributed by atoms with van der Waals surface area (Å²) in [5.74, 6) is -0.171. The highest BCUT2D eigenvalue weighted by Gasteiger charge is 2.16. The molecule has 0 saturated heterocycles. The average molecular weight is 308 g/mol. The second-order valence-electron chi connectivity index (χ2n) is 5.59. The van der Waals surface area contributed by atoms with Crippen molar-refractivity contribution in [3.8, 4) is 5.69 Å². The van der Waals surface area contributed by atoms with Gasteiger partial charge >= 0.3 is 0 Å². The highest BCUT2D eigenvalue weighted by molar-refractivity contribution is 5.90. The van der Waals surface area contributed by atoms with Crippen molar-refractivity contribution in [2.24, 2.45) is 5.73 Å². The number of nitrogens with two attached hydrogens (primary N) is 1. The number of hydrogen-bond acceptors (Lipinski definition) is 3. The molecule has 0 bridgehead atoms. The van der Waals surface area contributed by atoms with Gasteiger partial charge in [-0.3, -0.25) is 4.79 Å². The minimum absolute atomic E-state index is 0.0130. The van der Waals surface area contributed by atoms with E-state index in [1.807, 2.05) is 36.7 Å². The Balaban J connectivity index is 2.03. The summed E-state index contributed by atoms with van der Waals surface area (Å²) < 4.78 is 1.92. The molecule has 0 radical (unpaired) electrons. The van der Waals surface area contributed by atoms with Crippen LogP contribution in [0.25, 0.3) is 16.5 Å². The Labute approximate surface area is 135 Å². The lowest BCUT2D eigenvalue weighted by molar-refractivity contribution is -0.120. The number of benzene rings is 2. The molecule has 3 aromatic rings. The quantitative estimate of drug-likeness (QED) is 0.777. The number of nitrogens with one attached hydrogen (secondary N) is 1. The summed E-state index contributed by atoms with van der Waals surface area (Å²) >= 11 is 0. The number of amides is 1. The first-order valence-corrected chi connectivity index (χ1v) is 7.64. The van der Waals surface area contributed by atoms with Crippen molar-refractivity contribution >= 4 is 16.7 Å². The Morgan fingerprint density at radius 1 is 1.26 bits per heavy atom. The Morgan fingerprint density at radius 2 is 2.00 bits per heavy atom. The first kappa shape index (κ1) is 15.2. The van der Waals surface area contributed by atoms with Gasteiger partial charge in [0.15, 0.2) is 0 Å². The summed E-state index contributed by atoms with van der Waals surface area (Å²) in [6.45, 7) is 3.93. The van der Waals surface area contributed by atoms with Gasteiger partial charge in [0.2, 0.25) is 5.91 Å². The molecule has 0 spiro atoms. The molecule has 1 atom stereocenters. The minimum Gasteiger partial charge on any atom is -0.348 e. The Bertz CT molecular complexity index is 848. The molecule has 3 rings (SSSR count). The van der Waals surface area contributed by atoms with Crippen LogP contribution < -0.4 is 11.1 Å². The van der Waals surface area contributed by atoms with E-state index in [2.05, 4.69) is 34.7 Å². The van der Waals surface area contributed by atoms with E-state index in [1.54, 1.807) is 6.20 Å². The maximum absolute atomic E-state index is 11.5. The van der Waals surface area contributed by atoms with E-state index in [4.69, 9.17) is 5.73 Å². The van der Waals surface area contributed by atoms with E-state index in [0.29, 0.717) is 0 Å². The van der Waals surface area contributed by atoms with Crippen molar-refractivity contribution in [3.63, 3.8) is 0 Å². The molecular weight excluding hydrogens is 288 g/mol. The van der Waals surface area contributed by atoms with Gasteiger partial charge in [-0.15, -0.1) is 0 Å². The molecule has 1 heterocycles. The predicted octanol–water partition coefficient (Wildman–Crippen LogP) is 2.47. The molecule has 5 nitrogen and oxygen atoms in total. The van der Waals surface area contributed by atoms with Gasteiger partial charge < -0.3 is 11.1 Å². The molecule has 5 heteroatoms. The molecule has 0 aliphatic rings. The van der Waals surface area contributed by atoms with E-state index in [-0.39, 0.29) is 18.5 Å². The fourth-order valence-corrected chi connectivity index (χ4v) is 2.86. The lowest BCUT2D eigenvalue weighted by atomic mass is 10.1. The van der Waals surface area contributed by atoms with Crippen LogP contribution in [-0.2, 0) is 4.79 Å². The van der Waals surface area contributed by atoms with Gasteiger partial charge in [-0.2, -0.15) is 5.10 Å². The SMILES string of the molecule is Cc1c(C(C)NC(=O)CN)cnn1-c1cccc2ccccc12. The second kappa shape index (κ2) is 6.22. The van der Waals surface area contributed by atoms with Crippen LogP contribution in [0.15, 0.2) is 48.7 Å². The zero-order chi connectivity index (χ0) is 16.4. The third-order valence-corrected chi connectivity index (χ3v) is 4.07. The van der Waals surface area contributed by atoms with Crippen molar-refractivity contribution in [1.82, 2.24) is 15.1 Å². The van der Waals surface area contributed by atoms with Crippen molar-refractivity contribution in [3.05, 3.63) is 59.9 Å². The van der Waals surface area contributed by atoms with Gasteiger partial charge in [0.25, 0.3) is 0 Å². The molecule has 1 unspecified atom stereocenters. The van der Waals surface area contributed by atoms with Gasteiger partial charge in [0, 0.05) is 16.6 Å². The molecule has 1 aromatic heterocycles. The first-order valence-electron chi connectivity index (χ1n) is 7.64. The molecule has 0 saturated carbocycles. The van der Waals surface area contributed by atoms with Crippen LogP contribution in [0.5, 0.6) is 0 Å². The lowest BCUT2D eigenvalue weighted by Crippen LogP contribution is -2.32. The zero-order valence-corrected chi connectivity index (χ0v) is 13.3. The van der Waals surface area contributed by atoms with Crippen LogP contribution in [0.1, 0.15) is 24.2 Å². The normalized spacial score (nSPS) is 12.3. The van der Waals surface area contributed by atoms with Gasteiger partial charge in [-0.1, -0.05) is 36.4 Å². The Kier molecular flexibility index (Phi) is 4.12. The van der Waals surface area contributed by atoms with Crippen molar-refractivity contribution in [2.45, 2.75) is 19.9 Å². The van der Waals surface area contributed by atoms with Crippen LogP contribution in [0.3, 0.4) is 0 Å². The molecule has 0 aliphatic heterocycles. The third-order valence-electron chi connectivity index (χ3n) is 4.07. The molecule has 23 heavy (non-hydrogen) atoms. The van der Waals surface area contributed by atoms with Crippen molar-refractivity contribution in [2.75, 3.05) is 6.54 Å². The summed E-state index contributed by atoms with van der Waals surface area (Å²) in [5, 5.41) is 9.71. The van der Waals surface area contributed by atoms with E-state index in [1.165, 1.54) is 5.39 Å². The summed E-state index contributed by atoms with van der Waals surface area (Å²) in [6, 6.07) is 14.3. The van der Waals surface area contributed by atoms with Gasteiger partial charge in [-0.05, 0) is 25.3 Å². The maximum Gasteiger partial charge on any atom is 0.234 e. The molecule has 1 amide bonds. The van der Waals surface area contributed by atoms with Crippen LogP contribution in [0.2, 0.25) is 0 Å². The average Bonchev–Trinajstić information content (AvgIpc) is 2.95. The fourth-order valence-electron chi connectivity index (χ4n) is 2.86. The number of nitrogens with zero attached hydrogens (tertiary/aromatic N) is 2. The van der Waals surface area contributed by atoms with Crippen LogP contribution in [-0.4, -0.2) is 22.2 Å². The van der Waals surface area contributed by atoms with Crippen LogP contribution in [0.4, 0.5) is 0 Å². The Morgan fingerprint density at radius 3 is 2.78 bits per heavy atom. The van der Waals surface area contributed by atoms with E-state index in [9.17, 15) is 4.79 Å². The monoisotopic (exact) mass is 308 g/mol. The molecular formula is C18H20N4O. The highest BCUT2D eigenvalue weighted by Crippen LogP contribution is 2.25. The zero-order valence-electron chi connectivity index (χ0n) is 13.3. The summed E-state index contributed by atoms with van der Waals surface area (Å²) in [4.78, 5) is 11.5. The minimum atomic E-state index is -0.171.